The average molecular weight is 376 g/mol. The third-order valence-electron chi connectivity index (χ3n) is 3.90. The van der Waals surface area contributed by atoms with E-state index in [1.54, 1.807) is 43.3 Å². The van der Waals surface area contributed by atoms with E-state index in [2.05, 4.69) is 5.32 Å². The number of amides is 1. The molecule has 0 atom stereocenters. The lowest BCUT2D eigenvalue weighted by atomic mass is 10.2. The summed E-state index contributed by atoms with van der Waals surface area (Å²) in [6, 6.07) is 12.1. The molecule has 8 heteroatoms. The number of para-hydroxylation sites is 1. The highest BCUT2D eigenvalue weighted by Crippen LogP contribution is 2.32. The van der Waals surface area contributed by atoms with Gasteiger partial charge in [-0.2, -0.15) is 0 Å². The average Bonchev–Trinajstić information content (AvgIpc) is 2.59. The van der Waals surface area contributed by atoms with Crippen LogP contribution >= 0.6 is 0 Å². The third kappa shape index (κ3) is 4.08. The second kappa shape index (κ2) is 7.25. The van der Waals surface area contributed by atoms with E-state index in [9.17, 15) is 13.2 Å². The summed E-state index contributed by atoms with van der Waals surface area (Å²) < 4.78 is 36.4. The van der Waals surface area contributed by atoms with E-state index in [1.807, 2.05) is 6.07 Å². The summed E-state index contributed by atoms with van der Waals surface area (Å²) in [5, 5.41) is 2.70. The fourth-order valence-electron chi connectivity index (χ4n) is 2.68. The zero-order valence-corrected chi connectivity index (χ0v) is 15.4. The van der Waals surface area contributed by atoms with Crippen LogP contribution in [-0.4, -0.2) is 40.3 Å². The van der Waals surface area contributed by atoms with Gasteiger partial charge in [-0.3, -0.25) is 9.10 Å². The number of carbonyl (C=O) groups is 1. The van der Waals surface area contributed by atoms with Crippen LogP contribution in [0.2, 0.25) is 0 Å². The van der Waals surface area contributed by atoms with E-state index in [-0.39, 0.29) is 6.54 Å². The number of ether oxygens (including phenoxy) is 2. The maximum absolute atomic E-state index is 12.4. The predicted octanol–water partition coefficient (Wildman–Crippen LogP) is 2.17. The van der Waals surface area contributed by atoms with Crippen molar-refractivity contribution in [2.45, 2.75) is 6.92 Å². The van der Waals surface area contributed by atoms with Gasteiger partial charge in [-0.25, -0.2) is 8.42 Å². The molecule has 0 aliphatic carbocycles. The first kappa shape index (κ1) is 18.1. The normalized spacial score (nSPS) is 13.2. The molecule has 0 bridgehead atoms. The van der Waals surface area contributed by atoms with Crippen molar-refractivity contribution in [1.82, 2.24) is 0 Å². The summed E-state index contributed by atoms with van der Waals surface area (Å²) in [7, 11) is -3.61. The van der Waals surface area contributed by atoms with Gasteiger partial charge >= 0.3 is 0 Å². The molecule has 1 aliphatic heterocycles. The quantitative estimate of drug-likeness (QED) is 0.864. The molecule has 3 rings (SSSR count). The first-order chi connectivity index (χ1) is 12.3. The predicted molar refractivity (Wildman–Crippen MR) is 99.4 cm³/mol. The number of benzene rings is 2. The topological polar surface area (TPSA) is 84.9 Å². The Morgan fingerprint density at radius 2 is 1.81 bits per heavy atom. The SMILES string of the molecule is Cc1ccccc1N(CC(=O)Nc1ccc2c(c1)OCCO2)S(C)(=O)=O. The largest absolute Gasteiger partial charge is 0.486 e. The Hall–Kier alpha value is -2.74. The zero-order chi connectivity index (χ0) is 18.7. The lowest BCUT2D eigenvalue weighted by molar-refractivity contribution is -0.114. The van der Waals surface area contributed by atoms with E-state index < -0.39 is 15.9 Å². The van der Waals surface area contributed by atoms with Crippen LogP contribution in [0.15, 0.2) is 42.5 Å². The van der Waals surface area contributed by atoms with Crippen molar-refractivity contribution in [3.8, 4) is 11.5 Å². The first-order valence-corrected chi connectivity index (χ1v) is 9.92. The highest BCUT2D eigenvalue weighted by atomic mass is 32.2. The Morgan fingerprint density at radius 1 is 1.12 bits per heavy atom. The van der Waals surface area contributed by atoms with Crippen LogP contribution in [0.4, 0.5) is 11.4 Å². The molecule has 0 spiro atoms. The standard InChI is InChI=1S/C18H20N2O5S/c1-13-5-3-4-6-15(13)20(26(2,22)23)12-18(21)19-14-7-8-16-17(11-14)25-10-9-24-16/h3-8,11H,9-10,12H2,1-2H3,(H,19,21). The molecule has 1 amide bonds. The number of fused-ring (bicyclic) bond motifs is 1. The first-order valence-electron chi connectivity index (χ1n) is 8.07. The molecule has 2 aromatic carbocycles. The van der Waals surface area contributed by atoms with Gasteiger partial charge < -0.3 is 14.8 Å². The number of sulfonamides is 1. The fourth-order valence-corrected chi connectivity index (χ4v) is 3.59. The summed E-state index contributed by atoms with van der Waals surface area (Å²) in [5.41, 5.74) is 1.76. The van der Waals surface area contributed by atoms with Crippen molar-refractivity contribution in [2.24, 2.45) is 0 Å². The van der Waals surface area contributed by atoms with Gasteiger partial charge in [-0.05, 0) is 30.7 Å². The minimum atomic E-state index is -3.61. The van der Waals surface area contributed by atoms with Gasteiger partial charge in [0.15, 0.2) is 11.5 Å². The molecule has 1 N–H and O–H groups in total. The molecule has 0 aromatic heterocycles. The maximum Gasteiger partial charge on any atom is 0.245 e. The second-order valence-electron chi connectivity index (χ2n) is 5.96. The minimum Gasteiger partial charge on any atom is -0.486 e. The summed E-state index contributed by atoms with van der Waals surface area (Å²) in [4.78, 5) is 12.4. The molecular weight excluding hydrogens is 356 g/mol. The van der Waals surface area contributed by atoms with Crippen LogP contribution in [0.1, 0.15) is 5.56 Å². The summed E-state index contributed by atoms with van der Waals surface area (Å²) >= 11 is 0. The van der Waals surface area contributed by atoms with Gasteiger partial charge in [-0.1, -0.05) is 18.2 Å². The number of anilines is 2. The lowest BCUT2D eigenvalue weighted by Gasteiger charge is -2.24. The number of carbonyl (C=O) groups excluding carboxylic acids is 1. The van der Waals surface area contributed by atoms with E-state index in [0.29, 0.717) is 36.1 Å². The van der Waals surface area contributed by atoms with Gasteiger partial charge in [0.05, 0.1) is 11.9 Å². The number of hydrogen-bond acceptors (Lipinski definition) is 5. The van der Waals surface area contributed by atoms with Gasteiger partial charge in [0.1, 0.15) is 19.8 Å². The Balaban J connectivity index is 1.78. The Labute approximate surface area is 152 Å². The fraction of sp³-hybridized carbons (Fsp3) is 0.278. The Kier molecular flexibility index (Phi) is 5.03. The van der Waals surface area contributed by atoms with Gasteiger partial charge in [0.2, 0.25) is 15.9 Å². The van der Waals surface area contributed by atoms with E-state index in [4.69, 9.17) is 9.47 Å². The molecule has 0 fully saturated rings. The van der Waals surface area contributed by atoms with Gasteiger partial charge in [-0.15, -0.1) is 0 Å². The molecular formula is C18H20N2O5S. The van der Waals surface area contributed by atoms with Crippen LogP contribution in [0.3, 0.4) is 0 Å². The number of nitrogens with one attached hydrogen (secondary N) is 1. The van der Waals surface area contributed by atoms with Crippen molar-refractivity contribution < 1.29 is 22.7 Å². The minimum absolute atomic E-state index is 0.321. The molecule has 138 valence electrons. The molecule has 0 saturated carbocycles. The smallest absolute Gasteiger partial charge is 0.245 e. The highest BCUT2D eigenvalue weighted by Gasteiger charge is 2.22. The molecule has 0 saturated heterocycles. The molecule has 2 aromatic rings. The molecule has 7 nitrogen and oxygen atoms in total. The van der Waals surface area contributed by atoms with E-state index in [1.165, 1.54) is 0 Å². The number of rotatable bonds is 5. The summed E-state index contributed by atoms with van der Waals surface area (Å²) in [5.74, 6) is 0.718. The van der Waals surface area contributed by atoms with Crippen molar-refractivity contribution in [3.63, 3.8) is 0 Å². The Morgan fingerprint density at radius 3 is 2.50 bits per heavy atom. The highest BCUT2D eigenvalue weighted by molar-refractivity contribution is 7.92. The van der Waals surface area contributed by atoms with Crippen molar-refractivity contribution in [1.29, 1.82) is 0 Å². The third-order valence-corrected chi connectivity index (χ3v) is 5.02. The van der Waals surface area contributed by atoms with Crippen molar-refractivity contribution in [3.05, 3.63) is 48.0 Å². The van der Waals surface area contributed by atoms with Crippen molar-refractivity contribution >= 4 is 27.3 Å². The van der Waals surface area contributed by atoms with E-state index in [0.717, 1.165) is 16.1 Å². The van der Waals surface area contributed by atoms with E-state index >= 15 is 0 Å². The number of aryl methyl sites for hydroxylation is 1. The molecule has 0 unspecified atom stereocenters. The molecule has 1 aliphatic rings. The lowest BCUT2D eigenvalue weighted by Crippen LogP contribution is -2.37. The van der Waals surface area contributed by atoms with Crippen LogP contribution in [0.5, 0.6) is 11.5 Å². The van der Waals surface area contributed by atoms with Crippen LogP contribution < -0.4 is 19.1 Å². The summed E-state index contributed by atoms with van der Waals surface area (Å²) in [6.45, 7) is 2.41. The molecule has 26 heavy (non-hydrogen) atoms. The second-order valence-corrected chi connectivity index (χ2v) is 7.87. The molecule has 1 heterocycles. The number of hydrogen-bond donors (Lipinski definition) is 1. The monoisotopic (exact) mass is 376 g/mol. The maximum atomic E-state index is 12.4. The van der Waals surface area contributed by atoms with Crippen molar-refractivity contribution in [2.75, 3.05) is 35.6 Å². The Bertz CT molecular complexity index is 927. The van der Waals surface area contributed by atoms with Crippen LogP contribution in [0, 0.1) is 6.92 Å². The van der Waals surface area contributed by atoms with Crippen LogP contribution in [0.25, 0.3) is 0 Å². The number of nitrogens with zero attached hydrogens (tertiary/aromatic N) is 1. The van der Waals surface area contributed by atoms with Gasteiger partial charge in [0, 0.05) is 11.8 Å². The summed E-state index contributed by atoms with van der Waals surface area (Å²) in [6.07, 6.45) is 1.08. The van der Waals surface area contributed by atoms with Gasteiger partial charge in [0.25, 0.3) is 0 Å². The van der Waals surface area contributed by atoms with Crippen LogP contribution in [-0.2, 0) is 14.8 Å². The molecule has 0 radical (unpaired) electrons. The zero-order valence-electron chi connectivity index (χ0n) is 14.6.